The first-order valence-electron chi connectivity index (χ1n) is 10.7. The van der Waals surface area contributed by atoms with Crippen LogP contribution in [0.5, 0.6) is 0 Å². The van der Waals surface area contributed by atoms with E-state index < -0.39 is 17.7 Å². The Bertz CT molecular complexity index is 1160. The average molecular weight is 447 g/mol. The van der Waals surface area contributed by atoms with Crippen molar-refractivity contribution >= 4 is 34.4 Å². The summed E-state index contributed by atoms with van der Waals surface area (Å²) in [5.41, 5.74) is 3.59. The van der Waals surface area contributed by atoms with Gasteiger partial charge in [0.25, 0.3) is 5.91 Å². The van der Waals surface area contributed by atoms with Crippen LogP contribution in [-0.2, 0) is 4.79 Å². The molecule has 6 heteroatoms. The lowest BCUT2D eigenvalue weighted by molar-refractivity contribution is -0.117. The summed E-state index contributed by atoms with van der Waals surface area (Å²) in [7, 11) is 0. The fourth-order valence-electron chi connectivity index (χ4n) is 4.24. The van der Waals surface area contributed by atoms with E-state index in [-0.39, 0.29) is 11.4 Å². The molecule has 0 saturated heterocycles. The quantitative estimate of drug-likeness (QED) is 0.474. The van der Waals surface area contributed by atoms with Crippen LogP contribution in [0.2, 0.25) is 0 Å². The largest absolute Gasteiger partial charge is 0.503 e. The number of hydrogen-bond donors (Lipinski definition) is 1. The van der Waals surface area contributed by atoms with Crippen molar-refractivity contribution in [2.24, 2.45) is 0 Å². The number of aliphatic hydroxyl groups excluding tert-OH is 1. The molecular formula is C26H26N2O3S. The number of carbonyl (C=O) groups excluding carboxylic acids is 2. The Hall–Kier alpha value is -3.38. The van der Waals surface area contributed by atoms with Gasteiger partial charge in [-0.3, -0.25) is 14.5 Å². The minimum atomic E-state index is -0.697. The highest BCUT2D eigenvalue weighted by atomic mass is 32.1. The summed E-state index contributed by atoms with van der Waals surface area (Å²) in [5, 5.41) is 12.7. The number of aryl methyl sites for hydroxylation is 1. The first-order valence-corrected chi connectivity index (χ1v) is 11.6. The zero-order valence-electron chi connectivity index (χ0n) is 18.4. The van der Waals surface area contributed by atoms with Crippen molar-refractivity contribution in [2.45, 2.75) is 26.8 Å². The molecule has 1 unspecified atom stereocenters. The molecule has 5 nitrogen and oxygen atoms in total. The van der Waals surface area contributed by atoms with Crippen LogP contribution in [-0.4, -0.2) is 29.9 Å². The van der Waals surface area contributed by atoms with Crippen LogP contribution in [0.25, 0.3) is 0 Å². The molecule has 3 aromatic rings. The van der Waals surface area contributed by atoms with Gasteiger partial charge in [0.1, 0.15) is 0 Å². The standard InChI is InChI=1S/C26H26N2O3S/c1-4-27(5-2)18-12-14-19(15-13-18)28-23(20-10-7-6-9-17(20)3)22(25(30)26(28)31)24(29)21-11-8-16-32-21/h6-16,23,30H,4-5H2,1-3H3. The summed E-state index contributed by atoms with van der Waals surface area (Å²) in [6.45, 7) is 7.91. The van der Waals surface area contributed by atoms with Gasteiger partial charge in [-0.05, 0) is 67.6 Å². The van der Waals surface area contributed by atoms with E-state index in [1.165, 1.54) is 16.2 Å². The van der Waals surface area contributed by atoms with E-state index in [0.717, 1.165) is 29.9 Å². The van der Waals surface area contributed by atoms with E-state index in [4.69, 9.17) is 0 Å². The Balaban J connectivity index is 1.83. The van der Waals surface area contributed by atoms with Gasteiger partial charge in [-0.15, -0.1) is 11.3 Å². The second-order valence-corrected chi connectivity index (χ2v) is 8.64. The van der Waals surface area contributed by atoms with E-state index in [1.807, 2.05) is 60.8 Å². The zero-order chi connectivity index (χ0) is 22.8. The molecule has 1 amide bonds. The van der Waals surface area contributed by atoms with Crippen LogP contribution in [0, 0.1) is 6.92 Å². The molecule has 164 valence electrons. The fourth-order valence-corrected chi connectivity index (χ4v) is 4.92. The fraction of sp³-hybridized carbons (Fsp3) is 0.231. The Morgan fingerprint density at radius 3 is 2.31 bits per heavy atom. The third-order valence-electron chi connectivity index (χ3n) is 5.94. The molecule has 0 fully saturated rings. The number of thiophene rings is 1. The van der Waals surface area contributed by atoms with Crippen molar-refractivity contribution in [3.05, 3.63) is 93.4 Å². The molecule has 0 spiro atoms. The lowest BCUT2D eigenvalue weighted by Gasteiger charge is -2.29. The van der Waals surface area contributed by atoms with Gasteiger partial charge in [0.05, 0.1) is 16.5 Å². The SMILES string of the molecule is CCN(CC)c1ccc(N2C(=O)C(O)=C(C(=O)c3cccs3)C2c2ccccc2C)cc1. The monoisotopic (exact) mass is 446 g/mol. The van der Waals surface area contributed by atoms with Crippen molar-refractivity contribution < 1.29 is 14.7 Å². The van der Waals surface area contributed by atoms with Crippen molar-refractivity contribution in [2.75, 3.05) is 22.9 Å². The molecule has 32 heavy (non-hydrogen) atoms. The highest BCUT2D eigenvalue weighted by Crippen LogP contribution is 2.43. The molecule has 1 N–H and O–H groups in total. The molecule has 2 heterocycles. The first kappa shape index (κ1) is 21.8. The number of nitrogens with zero attached hydrogens (tertiary/aromatic N) is 2. The Labute approximate surface area is 192 Å². The van der Waals surface area contributed by atoms with Crippen molar-refractivity contribution in [3.8, 4) is 0 Å². The average Bonchev–Trinajstić information content (AvgIpc) is 3.43. The van der Waals surface area contributed by atoms with E-state index in [1.54, 1.807) is 12.1 Å². The van der Waals surface area contributed by atoms with Crippen molar-refractivity contribution in [1.29, 1.82) is 0 Å². The summed E-state index contributed by atoms with van der Waals surface area (Å²) in [4.78, 5) is 30.9. The van der Waals surface area contributed by atoms with E-state index in [2.05, 4.69) is 18.7 Å². The maximum absolute atomic E-state index is 13.4. The minimum Gasteiger partial charge on any atom is -0.503 e. The normalized spacial score (nSPS) is 16.0. The number of benzene rings is 2. The smallest absolute Gasteiger partial charge is 0.294 e. The number of carbonyl (C=O) groups is 2. The molecule has 4 rings (SSSR count). The van der Waals surface area contributed by atoms with Crippen LogP contribution in [0.15, 0.2) is 77.4 Å². The van der Waals surface area contributed by atoms with Gasteiger partial charge in [-0.1, -0.05) is 30.3 Å². The Kier molecular flexibility index (Phi) is 6.15. The summed E-state index contributed by atoms with van der Waals surface area (Å²) in [6, 6.07) is 18.2. The second-order valence-electron chi connectivity index (χ2n) is 7.69. The molecule has 0 bridgehead atoms. The van der Waals surface area contributed by atoms with Crippen LogP contribution in [0.4, 0.5) is 11.4 Å². The zero-order valence-corrected chi connectivity index (χ0v) is 19.2. The highest BCUT2D eigenvalue weighted by Gasteiger charge is 2.45. The lowest BCUT2D eigenvalue weighted by atomic mass is 9.92. The Morgan fingerprint density at radius 1 is 1.03 bits per heavy atom. The third-order valence-corrected chi connectivity index (χ3v) is 6.81. The molecule has 1 aliphatic rings. The van der Waals surface area contributed by atoms with Gasteiger partial charge in [-0.25, -0.2) is 0 Å². The maximum Gasteiger partial charge on any atom is 0.294 e. The second kappa shape index (κ2) is 9.01. The number of rotatable bonds is 7. The minimum absolute atomic E-state index is 0.125. The van der Waals surface area contributed by atoms with Crippen LogP contribution in [0.1, 0.15) is 40.7 Å². The van der Waals surface area contributed by atoms with Gasteiger partial charge >= 0.3 is 0 Å². The van der Waals surface area contributed by atoms with Gasteiger partial charge in [0.15, 0.2) is 5.76 Å². The molecule has 0 aliphatic carbocycles. The molecular weight excluding hydrogens is 420 g/mol. The summed E-state index contributed by atoms with van der Waals surface area (Å²) < 4.78 is 0. The van der Waals surface area contributed by atoms with Crippen LogP contribution in [0.3, 0.4) is 0 Å². The Morgan fingerprint density at radius 2 is 1.72 bits per heavy atom. The molecule has 2 aromatic carbocycles. The van der Waals surface area contributed by atoms with Gasteiger partial charge in [0, 0.05) is 24.5 Å². The topological polar surface area (TPSA) is 60.9 Å². The maximum atomic E-state index is 13.4. The number of aliphatic hydroxyl groups is 1. The number of hydrogen-bond acceptors (Lipinski definition) is 5. The predicted molar refractivity (Wildman–Crippen MR) is 130 cm³/mol. The van der Waals surface area contributed by atoms with Gasteiger partial charge < -0.3 is 10.0 Å². The lowest BCUT2D eigenvalue weighted by Crippen LogP contribution is -2.31. The summed E-state index contributed by atoms with van der Waals surface area (Å²) >= 11 is 1.30. The van der Waals surface area contributed by atoms with Crippen LogP contribution >= 0.6 is 11.3 Å². The molecule has 1 aliphatic heterocycles. The van der Waals surface area contributed by atoms with Crippen molar-refractivity contribution in [1.82, 2.24) is 0 Å². The molecule has 1 atom stereocenters. The van der Waals surface area contributed by atoms with Crippen molar-refractivity contribution in [3.63, 3.8) is 0 Å². The number of Topliss-reactive ketones (excluding diaryl/α,β-unsaturated/α-hetero) is 1. The molecule has 0 saturated carbocycles. The van der Waals surface area contributed by atoms with E-state index >= 15 is 0 Å². The van der Waals surface area contributed by atoms with Crippen LogP contribution < -0.4 is 9.80 Å². The molecule has 1 aromatic heterocycles. The van der Waals surface area contributed by atoms with Gasteiger partial charge in [-0.2, -0.15) is 0 Å². The third kappa shape index (κ3) is 3.71. The highest BCUT2D eigenvalue weighted by molar-refractivity contribution is 7.12. The first-order chi connectivity index (χ1) is 15.5. The summed E-state index contributed by atoms with van der Waals surface area (Å²) in [6.07, 6.45) is 0. The molecule has 0 radical (unpaired) electrons. The predicted octanol–water partition coefficient (Wildman–Crippen LogP) is 5.69. The van der Waals surface area contributed by atoms with E-state index in [0.29, 0.717) is 10.6 Å². The number of anilines is 2. The number of amides is 1. The van der Waals surface area contributed by atoms with Gasteiger partial charge in [0.2, 0.25) is 5.78 Å². The van der Waals surface area contributed by atoms with E-state index in [9.17, 15) is 14.7 Å². The number of ketones is 1. The summed E-state index contributed by atoms with van der Waals surface area (Å²) in [5.74, 6) is -1.36.